The summed E-state index contributed by atoms with van der Waals surface area (Å²) in [5.74, 6) is -18.2. The van der Waals surface area contributed by atoms with Gasteiger partial charge in [-0.25, -0.2) is 0 Å². The Morgan fingerprint density at radius 3 is 1.07 bits per heavy atom. The van der Waals surface area contributed by atoms with Gasteiger partial charge in [0.2, 0.25) is 118 Å². The largest absolute Gasteiger partial charge is 0.394 e. The number of nitrogens with one attached hydrogen (secondary N) is 18. The Morgan fingerprint density at radius 2 is 0.652 bits per heavy atom. The molecule has 0 aliphatic carbocycles. The second-order valence-electron chi connectivity index (χ2n) is 38.5. The van der Waals surface area contributed by atoms with Crippen LogP contribution in [-0.4, -0.2) is 278 Å². The number of nitrogens with zero attached hydrogens (tertiary/aromatic N) is 1. The Bertz CT molecular complexity index is 3880. The van der Waals surface area contributed by atoms with E-state index >= 15 is 0 Å². The third-order valence-electron chi connectivity index (χ3n) is 22.7. The first-order valence-electron chi connectivity index (χ1n) is 47.8. The standard InChI is InChI=1S/C91H165N23O21/c1-22-55(19)75(77(95)121)112-83(127)60(30-25-27-33-93)105-82(126)59(29-24-26-32-92)106-85(129)65(40-52(13)14)108-84(128)63(38-50(9)10)102-69(117)42-96-68(116)41-97-80(124)61(36-48(5)6)107-78(122)57(21)101-87(131)66(46-115)104-71(119)44-99-89(133)73(53(15)16)110-86(130)64(39-51(11)12)103-70(118)43-98-81(125)62(37-49(7)8)109-91(135)74(54(17)18)111-88(132)67-31-28-34-114(67)72(120)45-100-90(134)76(56(20)23-2)113-79(123)58(94)35-47(3)4/h47-67,73-76,115H,22-46,92-94H2,1-21H3,(H2,95,121)(H,96,116)(H,97,124)(H,98,125)(H,99,133)(H,100,134)(H,101,131)(H,102,117)(H,103,118)(H,104,119)(H,105,126)(H,106,129)(H,107,122)(H,108,128)(H,109,135)(H,110,130)(H,111,132)(H,112,127)(H,113,123)/t55-,56-,57-,58-,59-,60-,61-,62-,63-,64-,65-,66-,67-,73-,74-,75-,76+/m0/s1. The summed E-state index contributed by atoms with van der Waals surface area (Å²) < 4.78 is 0. The van der Waals surface area contributed by atoms with Crippen LogP contribution in [0.2, 0.25) is 0 Å². The molecule has 0 aromatic rings. The number of unbranched alkanes of at least 4 members (excludes halogenated alkanes) is 2. The number of hydrogen-bond donors (Lipinski definition) is 23. The minimum Gasteiger partial charge on any atom is -0.394 e. The number of primary amides is 1. The smallest absolute Gasteiger partial charge is 0.245 e. The molecule has 0 unspecified atom stereocenters. The highest BCUT2D eigenvalue weighted by Gasteiger charge is 2.41. The summed E-state index contributed by atoms with van der Waals surface area (Å²) in [6, 6.07) is -18.2. The molecule has 0 aromatic carbocycles. The second kappa shape index (κ2) is 63.5. The lowest BCUT2D eigenvalue weighted by molar-refractivity contribution is -0.140. The van der Waals surface area contributed by atoms with E-state index in [1.165, 1.54) is 11.8 Å². The first-order chi connectivity index (χ1) is 63.2. The Hall–Kier alpha value is -10.8. The normalized spacial score (nSPS) is 16.2. The molecule has 1 fully saturated rings. The zero-order valence-electron chi connectivity index (χ0n) is 83.5. The van der Waals surface area contributed by atoms with Gasteiger partial charge in [0.15, 0.2) is 0 Å². The van der Waals surface area contributed by atoms with Crippen molar-refractivity contribution in [3.63, 3.8) is 0 Å². The number of carbonyl (C=O) groups excluding carboxylic acids is 20. The van der Waals surface area contributed by atoms with Crippen LogP contribution in [-0.2, 0) is 95.9 Å². The van der Waals surface area contributed by atoms with Gasteiger partial charge in [0.25, 0.3) is 0 Å². The van der Waals surface area contributed by atoms with E-state index in [1.54, 1.807) is 111 Å². The monoisotopic (exact) mass is 1920 g/mol. The third-order valence-corrected chi connectivity index (χ3v) is 22.7. The van der Waals surface area contributed by atoms with Crippen LogP contribution >= 0.6 is 0 Å². The highest BCUT2D eigenvalue weighted by Crippen LogP contribution is 2.21. The van der Waals surface area contributed by atoms with Crippen LogP contribution in [0.4, 0.5) is 0 Å². The zero-order valence-corrected chi connectivity index (χ0v) is 83.5. The van der Waals surface area contributed by atoms with Gasteiger partial charge in [0.05, 0.1) is 45.4 Å². The molecule has 0 bridgehead atoms. The van der Waals surface area contributed by atoms with Crippen LogP contribution in [0.1, 0.15) is 248 Å². The van der Waals surface area contributed by atoms with Crippen molar-refractivity contribution in [1.29, 1.82) is 0 Å². The molecule has 17 atom stereocenters. The summed E-state index contributed by atoms with van der Waals surface area (Å²) in [6.07, 6.45) is 4.48. The van der Waals surface area contributed by atoms with Gasteiger partial charge in [-0.3, -0.25) is 95.9 Å². The maximum absolute atomic E-state index is 14.3. The van der Waals surface area contributed by atoms with Crippen LogP contribution in [0.15, 0.2) is 0 Å². The summed E-state index contributed by atoms with van der Waals surface area (Å²) >= 11 is 0. The van der Waals surface area contributed by atoms with E-state index in [0.29, 0.717) is 57.9 Å². The number of aliphatic hydroxyl groups excluding tert-OH is 1. The molecule has 0 aromatic heterocycles. The van der Waals surface area contributed by atoms with Crippen LogP contribution in [0, 0.1) is 59.2 Å². The molecule has 0 saturated carbocycles. The Morgan fingerprint density at radius 1 is 0.326 bits per heavy atom. The highest BCUT2D eigenvalue weighted by molar-refractivity contribution is 6.01. The van der Waals surface area contributed by atoms with E-state index in [4.69, 9.17) is 22.9 Å². The van der Waals surface area contributed by atoms with Crippen molar-refractivity contribution < 1.29 is 101 Å². The summed E-state index contributed by atoms with van der Waals surface area (Å²) in [7, 11) is 0. The van der Waals surface area contributed by atoms with Crippen LogP contribution in [0.5, 0.6) is 0 Å². The van der Waals surface area contributed by atoms with E-state index in [2.05, 4.69) is 95.7 Å². The molecule has 44 heteroatoms. The summed E-state index contributed by atoms with van der Waals surface area (Å²) in [5, 5.41) is 56.6. The van der Waals surface area contributed by atoms with Crippen molar-refractivity contribution in [1.82, 2.24) is 101 Å². The number of amides is 20. The summed E-state index contributed by atoms with van der Waals surface area (Å²) in [4.78, 5) is 274. The number of nitrogens with two attached hydrogens (primary N) is 4. The SMILES string of the molecule is CC[C@H](C)[C@H](NC(=O)[C@H](CCCCN)NC(=O)[C@H](CCCCN)NC(=O)[C@H](CC(C)C)NC(=O)[C@H](CC(C)C)NC(=O)CNC(=O)CNC(=O)[C@H](CC(C)C)NC(=O)[C@H](C)NC(=O)[C@H](CO)NC(=O)CNC(=O)[C@@H](NC(=O)[C@H](CC(C)C)NC(=O)CNC(=O)[C@H](CC(C)C)NC(=O)[C@@H](NC(=O)[C@@H]1CCCN1C(=O)CNC(=O)[C@H](NC(=O)[C@@H](N)CC(C)C)[C@@H](C)CC)C(C)C)C(C)C)C(N)=O. The van der Waals surface area contributed by atoms with Crippen molar-refractivity contribution in [2.45, 2.75) is 339 Å². The molecular formula is C91H165N23O21. The number of aliphatic hydroxyl groups is 1. The van der Waals surface area contributed by atoms with Crippen molar-refractivity contribution in [2.75, 3.05) is 59.0 Å². The van der Waals surface area contributed by atoms with Crippen molar-refractivity contribution >= 4 is 118 Å². The average molecular weight is 1920 g/mol. The van der Waals surface area contributed by atoms with Gasteiger partial charge in [0.1, 0.15) is 84.6 Å². The topological polar surface area (TPSA) is 685 Å². The van der Waals surface area contributed by atoms with Gasteiger partial charge in [-0.15, -0.1) is 0 Å². The molecule has 20 amide bonds. The molecule has 0 spiro atoms. The molecule has 1 aliphatic heterocycles. The first-order valence-corrected chi connectivity index (χ1v) is 47.8. The number of hydrogen-bond acceptors (Lipinski definition) is 24. The van der Waals surface area contributed by atoms with Gasteiger partial charge in [0, 0.05) is 6.54 Å². The number of likely N-dealkylation sites (tertiary alicyclic amines) is 1. The lowest BCUT2D eigenvalue weighted by Crippen LogP contribution is -2.59. The minimum absolute atomic E-state index is 0.0176. The first kappa shape index (κ1) is 122. The van der Waals surface area contributed by atoms with Crippen molar-refractivity contribution in [3.8, 4) is 0 Å². The highest BCUT2D eigenvalue weighted by atomic mass is 16.3. The van der Waals surface area contributed by atoms with E-state index in [1.807, 2.05) is 27.7 Å². The molecule has 135 heavy (non-hydrogen) atoms. The molecule has 1 saturated heterocycles. The minimum atomic E-state index is -1.70. The quantitative estimate of drug-likeness (QED) is 0.0264. The van der Waals surface area contributed by atoms with Crippen LogP contribution in [0.3, 0.4) is 0 Å². The van der Waals surface area contributed by atoms with E-state index in [-0.39, 0.29) is 112 Å². The third kappa shape index (κ3) is 47.0. The van der Waals surface area contributed by atoms with Crippen molar-refractivity contribution in [3.05, 3.63) is 0 Å². The van der Waals surface area contributed by atoms with E-state index in [9.17, 15) is 101 Å². The van der Waals surface area contributed by atoms with Gasteiger partial charge >= 0.3 is 0 Å². The van der Waals surface area contributed by atoms with Gasteiger partial charge in [-0.2, -0.15) is 0 Å². The Kier molecular flexibility index (Phi) is 57.5. The molecule has 44 nitrogen and oxygen atoms in total. The van der Waals surface area contributed by atoms with Gasteiger partial charge < -0.3 is 129 Å². The fourth-order valence-electron chi connectivity index (χ4n) is 14.7. The van der Waals surface area contributed by atoms with Crippen molar-refractivity contribution in [2.24, 2.45) is 82.1 Å². The second-order valence-corrected chi connectivity index (χ2v) is 38.5. The fourth-order valence-corrected chi connectivity index (χ4v) is 14.7. The summed E-state index contributed by atoms with van der Waals surface area (Å²) in [5.41, 5.74) is 23.2. The van der Waals surface area contributed by atoms with Crippen LogP contribution < -0.4 is 119 Å². The number of carbonyl (C=O) groups is 20. The molecule has 770 valence electrons. The number of rotatable bonds is 65. The molecule has 1 rings (SSSR count). The zero-order chi connectivity index (χ0) is 103. The van der Waals surface area contributed by atoms with Gasteiger partial charge in [-0.1, -0.05) is 151 Å². The lowest BCUT2D eigenvalue weighted by atomic mass is 9.97. The summed E-state index contributed by atoms with van der Waals surface area (Å²) in [6.45, 7) is 33.0. The molecule has 1 heterocycles. The Labute approximate surface area is 796 Å². The predicted molar refractivity (Wildman–Crippen MR) is 506 cm³/mol. The lowest BCUT2D eigenvalue weighted by Gasteiger charge is -2.29. The van der Waals surface area contributed by atoms with E-state index < -0.39 is 260 Å². The maximum Gasteiger partial charge on any atom is 0.245 e. The molecule has 0 radical (unpaired) electrons. The fraction of sp³-hybridized carbons (Fsp3) is 0.780. The Balaban J connectivity index is 3.08. The molecule has 27 N–H and O–H groups in total. The predicted octanol–water partition coefficient (Wildman–Crippen LogP) is -3.38. The van der Waals surface area contributed by atoms with Gasteiger partial charge in [-0.05, 0) is 169 Å². The van der Waals surface area contributed by atoms with Crippen LogP contribution in [0.25, 0.3) is 0 Å². The average Bonchev–Trinajstić information content (AvgIpc) is 1.71. The molecular weight excluding hydrogens is 1750 g/mol. The van der Waals surface area contributed by atoms with E-state index in [0.717, 1.165) is 0 Å². The molecule has 1 aliphatic rings. The maximum atomic E-state index is 14.3.